The van der Waals surface area contributed by atoms with E-state index in [9.17, 15) is 4.79 Å². The van der Waals surface area contributed by atoms with Gasteiger partial charge in [0.1, 0.15) is 5.84 Å². The van der Waals surface area contributed by atoms with Crippen LogP contribution in [-0.2, 0) is 10.2 Å². The maximum atomic E-state index is 13.7. The van der Waals surface area contributed by atoms with Crippen molar-refractivity contribution in [1.29, 1.82) is 5.41 Å². The molecule has 4 rings (SSSR count). The summed E-state index contributed by atoms with van der Waals surface area (Å²) in [6, 6.07) is 16.3. The van der Waals surface area contributed by atoms with E-state index >= 15 is 0 Å². The molecule has 3 nitrogen and oxygen atoms in total. The van der Waals surface area contributed by atoms with Crippen molar-refractivity contribution in [2.24, 2.45) is 5.92 Å². The highest BCUT2D eigenvalue weighted by Gasteiger charge is 2.59. The standard InChI is InChI=1S/C24H27ClN2O/c1-3-21(4-2)27-22(26)15-24(23(27)28,18-11-12-18)19-9-5-7-16(13-19)17-8-6-10-20(25)14-17/h5-10,13-14,18,21,26H,3-4,11-12,15H2,1-2H3. The van der Waals surface area contributed by atoms with Crippen LogP contribution in [0.4, 0.5) is 0 Å². The van der Waals surface area contributed by atoms with Crippen LogP contribution in [0.3, 0.4) is 0 Å². The van der Waals surface area contributed by atoms with Crippen LogP contribution in [0.1, 0.15) is 51.5 Å². The second kappa shape index (κ2) is 7.36. The van der Waals surface area contributed by atoms with Gasteiger partial charge in [0.15, 0.2) is 0 Å². The van der Waals surface area contributed by atoms with Gasteiger partial charge in [0.25, 0.3) is 0 Å². The largest absolute Gasteiger partial charge is 0.297 e. The van der Waals surface area contributed by atoms with E-state index in [2.05, 4.69) is 32.0 Å². The Kier molecular flexibility index (Phi) is 5.05. The van der Waals surface area contributed by atoms with Gasteiger partial charge in [-0.3, -0.25) is 15.1 Å². The molecule has 1 saturated carbocycles. The molecule has 2 aromatic carbocycles. The monoisotopic (exact) mass is 394 g/mol. The Balaban J connectivity index is 1.79. The van der Waals surface area contributed by atoms with Gasteiger partial charge in [-0.2, -0.15) is 0 Å². The average molecular weight is 395 g/mol. The number of rotatable bonds is 6. The number of nitrogens with zero attached hydrogens (tertiary/aromatic N) is 1. The number of likely N-dealkylation sites (tertiary alicyclic amines) is 1. The average Bonchev–Trinajstić information content (AvgIpc) is 3.51. The van der Waals surface area contributed by atoms with Gasteiger partial charge in [0, 0.05) is 17.5 Å². The van der Waals surface area contributed by atoms with Gasteiger partial charge in [-0.25, -0.2) is 0 Å². The quantitative estimate of drug-likeness (QED) is 0.636. The lowest BCUT2D eigenvalue weighted by Gasteiger charge is -2.31. The zero-order valence-electron chi connectivity index (χ0n) is 16.5. The Labute approximate surface area is 172 Å². The molecule has 0 spiro atoms. The third-order valence-electron chi connectivity index (χ3n) is 6.46. The fraction of sp³-hybridized carbons (Fsp3) is 0.417. The smallest absolute Gasteiger partial charge is 0.239 e. The lowest BCUT2D eigenvalue weighted by molar-refractivity contribution is -0.133. The van der Waals surface area contributed by atoms with Crippen molar-refractivity contribution < 1.29 is 4.79 Å². The summed E-state index contributed by atoms with van der Waals surface area (Å²) in [6.07, 6.45) is 4.42. The van der Waals surface area contributed by atoms with E-state index in [4.69, 9.17) is 17.0 Å². The zero-order chi connectivity index (χ0) is 19.9. The van der Waals surface area contributed by atoms with Crippen molar-refractivity contribution in [2.75, 3.05) is 0 Å². The first-order valence-electron chi connectivity index (χ1n) is 10.3. The number of nitrogens with one attached hydrogen (secondary N) is 1. The number of amidine groups is 1. The number of carbonyl (C=O) groups excluding carboxylic acids is 1. The molecule has 1 aliphatic heterocycles. The lowest BCUT2D eigenvalue weighted by Crippen LogP contribution is -2.44. The van der Waals surface area contributed by atoms with E-state index in [0.717, 1.165) is 42.4 Å². The van der Waals surface area contributed by atoms with Gasteiger partial charge in [-0.15, -0.1) is 0 Å². The highest BCUT2D eigenvalue weighted by Crippen LogP contribution is 2.54. The van der Waals surface area contributed by atoms with Crippen molar-refractivity contribution in [1.82, 2.24) is 4.90 Å². The second-order valence-corrected chi connectivity index (χ2v) is 8.54. The van der Waals surface area contributed by atoms with Gasteiger partial charge in [-0.05, 0) is 60.4 Å². The Hall–Kier alpha value is -2.13. The number of amides is 1. The summed E-state index contributed by atoms with van der Waals surface area (Å²) >= 11 is 6.19. The molecule has 1 heterocycles. The Morgan fingerprint density at radius 2 is 1.75 bits per heavy atom. The summed E-state index contributed by atoms with van der Waals surface area (Å²) < 4.78 is 0. The van der Waals surface area contributed by atoms with Gasteiger partial charge >= 0.3 is 0 Å². The third-order valence-corrected chi connectivity index (χ3v) is 6.69. The Morgan fingerprint density at radius 3 is 2.36 bits per heavy atom. The minimum absolute atomic E-state index is 0.122. The van der Waals surface area contributed by atoms with Crippen molar-refractivity contribution in [2.45, 2.75) is 57.4 Å². The number of halogens is 1. The Bertz CT molecular complexity index is 916. The molecule has 1 N–H and O–H groups in total. The summed E-state index contributed by atoms with van der Waals surface area (Å²) in [6.45, 7) is 4.21. The predicted octanol–water partition coefficient (Wildman–Crippen LogP) is 6.05. The molecule has 1 aliphatic carbocycles. The number of benzene rings is 2. The van der Waals surface area contributed by atoms with Gasteiger partial charge < -0.3 is 0 Å². The molecular weight excluding hydrogens is 368 g/mol. The number of hydrogen-bond acceptors (Lipinski definition) is 2. The SMILES string of the molecule is CCC(CC)N1C(=N)CC(c2cccc(-c3cccc(Cl)c3)c2)(C2CC2)C1=O. The van der Waals surface area contributed by atoms with Crippen LogP contribution >= 0.6 is 11.6 Å². The Morgan fingerprint density at radius 1 is 1.11 bits per heavy atom. The fourth-order valence-electron chi connectivity index (χ4n) is 4.80. The molecule has 2 fully saturated rings. The van der Waals surface area contributed by atoms with Crippen LogP contribution in [-0.4, -0.2) is 22.7 Å². The maximum absolute atomic E-state index is 13.7. The number of hydrogen-bond donors (Lipinski definition) is 1. The molecule has 2 aromatic rings. The molecule has 1 amide bonds. The van der Waals surface area contributed by atoms with E-state index in [1.165, 1.54) is 0 Å². The molecule has 0 aromatic heterocycles. The molecule has 0 radical (unpaired) electrons. The summed E-state index contributed by atoms with van der Waals surface area (Å²) in [5.74, 6) is 0.963. The van der Waals surface area contributed by atoms with Gasteiger partial charge in [-0.1, -0.05) is 61.8 Å². The van der Waals surface area contributed by atoms with Crippen molar-refractivity contribution in [3.8, 4) is 11.1 Å². The van der Waals surface area contributed by atoms with Crippen LogP contribution in [0.2, 0.25) is 5.02 Å². The van der Waals surface area contributed by atoms with Crippen LogP contribution < -0.4 is 0 Å². The third kappa shape index (κ3) is 3.06. The van der Waals surface area contributed by atoms with E-state index in [0.29, 0.717) is 23.2 Å². The predicted molar refractivity (Wildman–Crippen MR) is 115 cm³/mol. The first-order valence-corrected chi connectivity index (χ1v) is 10.7. The normalized spacial score (nSPS) is 22.4. The highest BCUT2D eigenvalue weighted by atomic mass is 35.5. The molecule has 1 unspecified atom stereocenters. The number of carbonyl (C=O) groups is 1. The van der Waals surface area contributed by atoms with Crippen LogP contribution in [0.5, 0.6) is 0 Å². The molecule has 1 saturated heterocycles. The van der Waals surface area contributed by atoms with E-state index < -0.39 is 5.41 Å². The van der Waals surface area contributed by atoms with Crippen LogP contribution in [0, 0.1) is 11.3 Å². The summed E-state index contributed by atoms with van der Waals surface area (Å²) in [5.41, 5.74) is 2.60. The van der Waals surface area contributed by atoms with Crippen molar-refractivity contribution in [3.63, 3.8) is 0 Å². The van der Waals surface area contributed by atoms with E-state index in [1.807, 2.05) is 30.3 Å². The maximum Gasteiger partial charge on any atom is 0.239 e. The minimum atomic E-state index is -0.575. The van der Waals surface area contributed by atoms with Crippen LogP contribution in [0.25, 0.3) is 11.1 Å². The first-order chi connectivity index (χ1) is 13.5. The molecular formula is C24H27ClN2O. The minimum Gasteiger partial charge on any atom is -0.297 e. The summed E-state index contributed by atoms with van der Waals surface area (Å²) in [7, 11) is 0. The van der Waals surface area contributed by atoms with Crippen molar-refractivity contribution in [3.05, 3.63) is 59.1 Å². The fourth-order valence-corrected chi connectivity index (χ4v) is 4.99. The van der Waals surface area contributed by atoms with Gasteiger partial charge in [0.05, 0.1) is 5.41 Å². The van der Waals surface area contributed by atoms with Crippen LogP contribution in [0.15, 0.2) is 48.5 Å². The molecule has 4 heteroatoms. The molecule has 0 bridgehead atoms. The van der Waals surface area contributed by atoms with Crippen molar-refractivity contribution >= 4 is 23.3 Å². The van der Waals surface area contributed by atoms with Gasteiger partial charge in [0.2, 0.25) is 5.91 Å². The summed E-state index contributed by atoms with van der Waals surface area (Å²) in [5, 5.41) is 9.34. The lowest BCUT2D eigenvalue weighted by atomic mass is 9.73. The van der Waals surface area contributed by atoms with E-state index in [-0.39, 0.29) is 11.9 Å². The summed E-state index contributed by atoms with van der Waals surface area (Å²) in [4.78, 5) is 15.5. The molecule has 1 atom stereocenters. The molecule has 146 valence electrons. The van der Waals surface area contributed by atoms with E-state index in [1.54, 1.807) is 4.90 Å². The topological polar surface area (TPSA) is 44.2 Å². The first kappa shape index (κ1) is 19.2. The molecule has 28 heavy (non-hydrogen) atoms. The highest BCUT2D eigenvalue weighted by molar-refractivity contribution is 6.30. The molecule has 2 aliphatic rings. The zero-order valence-corrected chi connectivity index (χ0v) is 17.3. The second-order valence-electron chi connectivity index (χ2n) is 8.11.